The lowest BCUT2D eigenvalue weighted by molar-refractivity contribution is 0.563. The Kier molecular flexibility index (Phi) is 5.63. The van der Waals surface area contributed by atoms with Crippen LogP contribution in [0.1, 0.15) is 24.5 Å². The molecule has 5 nitrogen and oxygen atoms in total. The molecule has 0 saturated carbocycles. The first-order valence-electron chi connectivity index (χ1n) is 9.45. The van der Waals surface area contributed by atoms with E-state index in [1.807, 2.05) is 37.3 Å². The predicted molar refractivity (Wildman–Crippen MR) is 119 cm³/mol. The summed E-state index contributed by atoms with van der Waals surface area (Å²) in [4.78, 5) is 4.97. The molecule has 150 valence electrons. The Morgan fingerprint density at radius 3 is 2.45 bits per heavy atom. The fourth-order valence-electron chi connectivity index (χ4n) is 3.23. The summed E-state index contributed by atoms with van der Waals surface area (Å²) >= 11 is 1.40. The molecule has 0 saturated heterocycles. The van der Waals surface area contributed by atoms with Crippen molar-refractivity contribution in [1.82, 2.24) is 9.03 Å². The maximum atomic E-state index is 12.8. The predicted octanol–water partition coefficient (Wildman–Crippen LogP) is 4.24. The van der Waals surface area contributed by atoms with Gasteiger partial charge in [0.15, 0.2) is 5.50 Å². The van der Waals surface area contributed by atoms with Crippen molar-refractivity contribution >= 4 is 27.8 Å². The van der Waals surface area contributed by atoms with Gasteiger partial charge in [0, 0.05) is 5.56 Å². The summed E-state index contributed by atoms with van der Waals surface area (Å²) in [7, 11) is -3.66. The first-order valence-corrected chi connectivity index (χ1v) is 11.8. The standard InChI is InChI=1S/C22H23N3O2S2/c1-16-8-12-19(13-9-16)25-21(18-6-4-3-5-7-18)23-22(28-25)24-29(26,27)20-14-10-17(2)11-15-20/h3-12,14-15,19,22,24H,13H2,1-2H3. The Labute approximate surface area is 176 Å². The van der Waals surface area contributed by atoms with Crippen molar-refractivity contribution < 1.29 is 8.42 Å². The highest BCUT2D eigenvalue weighted by molar-refractivity contribution is 7.99. The SMILES string of the molecule is CC1=CCC(N2SC(NS(=O)(=O)c3ccc(C)cc3)N=C2c2ccccc2)C=C1. The number of sulfonamides is 1. The Morgan fingerprint density at radius 1 is 1.07 bits per heavy atom. The Balaban J connectivity index is 1.61. The molecule has 0 radical (unpaired) electrons. The summed E-state index contributed by atoms with van der Waals surface area (Å²) in [5.74, 6) is 0.787. The second-order valence-electron chi connectivity index (χ2n) is 7.15. The highest BCUT2D eigenvalue weighted by Gasteiger charge is 2.34. The lowest BCUT2D eigenvalue weighted by atomic mass is 10.0. The number of hydrogen-bond donors (Lipinski definition) is 1. The maximum Gasteiger partial charge on any atom is 0.243 e. The molecule has 7 heteroatoms. The molecule has 2 atom stereocenters. The van der Waals surface area contributed by atoms with Crippen LogP contribution < -0.4 is 4.72 Å². The van der Waals surface area contributed by atoms with Crippen LogP contribution >= 0.6 is 11.9 Å². The van der Waals surface area contributed by atoms with Gasteiger partial charge in [0.1, 0.15) is 5.84 Å². The zero-order valence-electron chi connectivity index (χ0n) is 16.3. The lowest BCUT2D eigenvalue weighted by Gasteiger charge is -2.28. The van der Waals surface area contributed by atoms with Gasteiger partial charge < -0.3 is 0 Å². The van der Waals surface area contributed by atoms with Gasteiger partial charge in [-0.15, -0.1) is 0 Å². The third kappa shape index (κ3) is 4.47. The molecule has 2 aromatic rings. The number of amidine groups is 1. The normalized spacial score (nSPS) is 21.8. The largest absolute Gasteiger partial charge is 0.290 e. The van der Waals surface area contributed by atoms with E-state index in [1.165, 1.54) is 17.5 Å². The van der Waals surface area contributed by atoms with Crippen molar-refractivity contribution in [3.8, 4) is 0 Å². The van der Waals surface area contributed by atoms with E-state index < -0.39 is 15.5 Å². The number of allylic oxidation sites excluding steroid dienone is 2. The molecule has 0 bridgehead atoms. The summed E-state index contributed by atoms with van der Waals surface area (Å²) in [6.07, 6.45) is 7.30. The molecular formula is C22H23N3O2S2. The van der Waals surface area contributed by atoms with E-state index in [4.69, 9.17) is 4.99 Å². The van der Waals surface area contributed by atoms with Crippen molar-refractivity contribution in [3.63, 3.8) is 0 Å². The number of benzene rings is 2. The quantitative estimate of drug-likeness (QED) is 0.728. The first-order chi connectivity index (χ1) is 13.9. The van der Waals surface area contributed by atoms with E-state index in [1.54, 1.807) is 24.3 Å². The topological polar surface area (TPSA) is 61.8 Å². The average molecular weight is 426 g/mol. The van der Waals surface area contributed by atoms with Crippen LogP contribution in [0.3, 0.4) is 0 Å². The number of aliphatic imine (C=N–C) groups is 1. The van der Waals surface area contributed by atoms with Crippen LogP contribution in [-0.2, 0) is 10.0 Å². The highest BCUT2D eigenvalue weighted by atomic mass is 32.2. The molecule has 1 heterocycles. The van der Waals surface area contributed by atoms with E-state index in [-0.39, 0.29) is 10.9 Å². The molecule has 0 fully saturated rings. The van der Waals surface area contributed by atoms with Crippen LogP contribution in [0.2, 0.25) is 0 Å². The van der Waals surface area contributed by atoms with Crippen molar-refractivity contribution in [3.05, 3.63) is 89.5 Å². The van der Waals surface area contributed by atoms with Gasteiger partial charge in [0.05, 0.1) is 10.9 Å². The van der Waals surface area contributed by atoms with Crippen LogP contribution in [0.5, 0.6) is 0 Å². The molecule has 2 aliphatic rings. The molecule has 2 unspecified atom stereocenters. The van der Waals surface area contributed by atoms with Crippen molar-refractivity contribution in [2.24, 2.45) is 4.99 Å². The number of rotatable bonds is 5. The number of nitrogens with zero attached hydrogens (tertiary/aromatic N) is 2. The summed E-state index contributed by atoms with van der Waals surface area (Å²) in [5.41, 5.74) is 2.61. The molecule has 1 aliphatic heterocycles. The molecule has 1 N–H and O–H groups in total. The third-order valence-corrected chi connectivity index (χ3v) is 7.51. The number of nitrogens with one attached hydrogen (secondary N) is 1. The van der Waals surface area contributed by atoms with Crippen LogP contribution in [0.15, 0.2) is 88.3 Å². The molecule has 1 aliphatic carbocycles. The summed E-state index contributed by atoms with van der Waals surface area (Å²) in [6, 6.07) is 16.8. The molecule has 0 aromatic heterocycles. The maximum absolute atomic E-state index is 12.8. The molecule has 4 rings (SSSR count). The number of hydrogen-bond acceptors (Lipinski definition) is 5. The van der Waals surface area contributed by atoms with Gasteiger partial charge in [-0.05, 0) is 44.3 Å². The van der Waals surface area contributed by atoms with Gasteiger partial charge in [-0.3, -0.25) is 4.31 Å². The van der Waals surface area contributed by atoms with Gasteiger partial charge in [-0.25, -0.2) is 13.4 Å². The van der Waals surface area contributed by atoms with Gasteiger partial charge in [-0.2, -0.15) is 4.72 Å². The second-order valence-corrected chi connectivity index (χ2v) is 9.91. The fraction of sp³-hybridized carbons (Fsp3) is 0.227. The minimum atomic E-state index is -3.66. The third-order valence-electron chi connectivity index (χ3n) is 4.84. The van der Waals surface area contributed by atoms with Crippen LogP contribution in [-0.4, -0.2) is 30.1 Å². The summed E-state index contributed by atoms with van der Waals surface area (Å²) in [6.45, 7) is 4.01. The highest BCUT2D eigenvalue weighted by Crippen LogP contribution is 2.34. The Morgan fingerprint density at radius 2 is 1.79 bits per heavy atom. The molecule has 0 spiro atoms. The van der Waals surface area contributed by atoms with Crippen LogP contribution in [0.25, 0.3) is 0 Å². The first kappa shape index (κ1) is 19.9. The number of aryl methyl sites for hydroxylation is 1. The summed E-state index contributed by atoms with van der Waals surface area (Å²) in [5, 5.41) is 0. The average Bonchev–Trinajstić information content (AvgIpc) is 3.12. The van der Waals surface area contributed by atoms with E-state index in [0.717, 1.165) is 23.4 Å². The minimum absolute atomic E-state index is 0.122. The van der Waals surface area contributed by atoms with Crippen molar-refractivity contribution in [1.29, 1.82) is 0 Å². The Hall–Kier alpha value is -2.35. The Bertz CT molecular complexity index is 1070. The molecular weight excluding hydrogens is 402 g/mol. The van der Waals surface area contributed by atoms with Gasteiger partial charge >= 0.3 is 0 Å². The smallest absolute Gasteiger partial charge is 0.243 e. The second kappa shape index (κ2) is 8.18. The monoisotopic (exact) mass is 425 g/mol. The minimum Gasteiger partial charge on any atom is -0.290 e. The zero-order chi connectivity index (χ0) is 20.4. The van der Waals surface area contributed by atoms with Crippen molar-refractivity contribution in [2.75, 3.05) is 0 Å². The van der Waals surface area contributed by atoms with E-state index in [9.17, 15) is 8.42 Å². The van der Waals surface area contributed by atoms with Crippen molar-refractivity contribution in [2.45, 2.75) is 36.7 Å². The molecule has 2 aromatic carbocycles. The molecule has 0 amide bonds. The van der Waals surface area contributed by atoms with E-state index in [0.29, 0.717) is 0 Å². The zero-order valence-corrected chi connectivity index (χ0v) is 18.0. The van der Waals surface area contributed by atoms with E-state index >= 15 is 0 Å². The van der Waals surface area contributed by atoms with Gasteiger partial charge in [-0.1, -0.05) is 71.8 Å². The summed E-state index contributed by atoms with van der Waals surface area (Å²) < 4.78 is 30.5. The molecule has 29 heavy (non-hydrogen) atoms. The van der Waals surface area contributed by atoms with E-state index in [2.05, 4.69) is 34.2 Å². The van der Waals surface area contributed by atoms with Gasteiger partial charge in [0.25, 0.3) is 0 Å². The van der Waals surface area contributed by atoms with Gasteiger partial charge in [0.2, 0.25) is 10.0 Å². The lowest BCUT2D eigenvalue weighted by Crippen LogP contribution is -2.34. The van der Waals surface area contributed by atoms with Crippen LogP contribution in [0, 0.1) is 6.92 Å². The van der Waals surface area contributed by atoms with Crippen LogP contribution in [0.4, 0.5) is 0 Å². The fourth-order valence-corrected chi connectivity index (χ4v) is 5.66.